The summed E-state index contributed by atoms with van der Waals surface area (Å²) in [6, 6.07) is 9.05. The molecule has 0 spiro atoms. The highest BCUT2D eigenvalue weighted by atomic mass is 16.6. The number of carbonyl (C=O) groups is 2. The lowest BCUT2D eigenvalue weighted by Gasteiger charge is -2.26. The predicted octanol–water partition coefficient (Wildman–Crippen LogP) is 3.40. The zero-order valence-corrected chi connectivity index (χ0v) is 20.3. The third-order valence-electron chi connectivity index (χ3n) is 6.57. The van der Waals surface area contributed by atoms with E-state index in [1.807, 2.05) is 56.0 Å². The number of benzene rings is 1. The lowest BCUT2D eigenvalue weighted by atomic mass is 10.0. The Labute approximate surface area is 205 Å². The number of rotatable bonds is 4. The topological polar surface area (TPSA) is 96.9 Å². The third-order valence-corrected chi connectivity index (χ3v) is 6.57. The first kappa shape index (κ1) is 23.3. The first-order chi connectivity index (χ1) is 16.7. The van der Waals surface area contributed by atoms with Crippen molar-refractivity contribution in [3.63, 3.8) is 0 Å². The van der Waals surface area contributed by atoms with E-state index in [9.17, 15) is 9.59 Å². The van der Waals surface area contributed by atoms with Crippen molar-refractivity contribution in [2.45, 2.75) is 51.4 Å². The van der Waals surface area contributed by atoms with Crippen LogP contribution in [-0.4, -0.2) is 62.7 Å². The third kappa shape index (κ3) is 5.30. The summed E-state index contributed by atoms with van der Waals surface area (Å²) in [5.74, 6) is 1.24. The Kier molecular flexibility index (Phi) is 6.19. The number of urea groups is 1. The van der Waals surface area contributed by atoms with E-state index >= 15 is 0 Å². The SMILES string of the molecule is CC(C)(C)OC(=O)C1C=CN(C(=O)N2C[C@H]3C[C@H](Oc4cccc(-c5ccncn5)c4)C[C@H]3C2)N1. The second-order valence-electron chi connectivity index (χ2n) is 10.4. The maximum atomic E-state index is 13.0. The number of hydrogen-bond donors (Lipinski definition) is 1. The Morgan fingerprint density at radius 3 is 2.57 bits per heavy atom. The number of fused-ring (bicyclic) bond motifs is 1. The van der Waals surface area contributed by atoms with Gasteiger partial charge in [0.1, 0.15) is 23.7 Å². The molecule has 0 bridgehead atoms. The van der Waals surface area contributed by atoms with E-state index < -0.39 is 17.6 Å². The Hall–Kier alpha value is -3.46. The largest absolute Gasteiger partial charge is 0.490 e. The van der Waals surface area contributed by atoms with Gasteiger partial charge in [-0.3, -0.25) is 0 Å². The molecule has 1 aromatic carbocycles. The van der Waals surface area contributed by atoms with Gasteiger partial charge in [-0.2, -0.15) is 0 Å². The van der Waals surface area contributed by atoms with Crippen molar-refractivity contribution in [2.75, 3.05) is 13.1 Å². The average Bonchev–Trinajstić information content (AvgIpc) is 3.54. The summed E-state index contributed by atoms with van der Waals surface area (Å²) >= 11 is 0. The number of nitrogens with one attached hydrogen (secondary N) is 1. The van der Waals surface area contributed by atoms with E-state index in [1.54, 1.807) is 24.8 Å². The zero-order valence-electron chi connectivity index (χ0n) is 20.3. The van der Waals surface area contributed by atoms with E-state index in [2.05, 4.69) is 15.4 Å². The Morgan fingerprint density at radius 2 is 1.89 bits per heavy atom. The van der Waals surface area contributed by atoms with Crippen molar-refractivity contribution in [1.29, 1.82) is 0 Å². The number of aromatic nitrogens is 2. The number of carbonyl (C=O) groups excluding carboxylic acids is 2. The smallest absolute Gasteiger partial charge is 0.338 e. The molecular formula is C26H31N5O4. The molecule has 2 aromatic rings. The standard InChI is InChI=1S/C26H31N5O4/c1-26(2,3)35-24(32)23-8-10-31(29-23)25(33)30-14-18-12-21(13-19(18)15-30)34-20-6-4-5-17(11-20)22-7-9-27-16-28-22/h4-11,16,18-19,21,23,29H,12-15H2,1-3H3/t18-,19+,21+,23?. The predicted molar refractivity (Wildman–Crippen MR) is 129 cm³/mol. The summed E-state index contributed by atoms with van der Waals surface area (Å²) in [6.45, 7) is 6.84. The second kappa shape index (κ2) is 9.30. The van der Waals surface area contributed by atoms with Crippen molar-refractivity contribution in [3.8, 4) is 17.0 Å². The van der Waals surface area contributed by atoms with Crippen molar-refractivity contribution in [3.05, 3.63) is 55.1 Å². The summed E-state index contributed by atoms with van der Waals surface area (Å²) in [5.41, 5.74) is 4.22. The number of amides is 2. The van der Waals surface area contributed by atoms with Gasteiger partial charge in [0.25, 0.3) is 0 Å². The van der Waals surface area contributed by atoms with Crippen LogP contribution >= 0.6 is 0 Å². The summed E-state index contributed by atoms with van der Waals surface area (Å²) in [7, 11) is 0. The number of nitrogens with zero attached hydrogens (tertiary/aromatic N) is 4. The van der Waals surface area contributed by atoms with E-state index in [0.717, 1.165) is 29.8 Å². The molecule has 9 nitrogen and oxygen atoms in total. The van der Waals surface area contributed by atoms with Crippen molar-refractivity contribution >= 4 is 12.0 Å². The summed E-state index contributed by atoms with van der Waals surface area (Å²) in [5, 5.41) is 1.39. The molecule has 1 N–H and O–H groups in total. The van der Waals surface area contributed by atoms with Gasteiger partial charge in [0, 0.05) is 31.0 Å². The number of hydrogen-bond acceptors (Lipinski definition) is 7. The van der Waals surface area contributed by atoms with E-state index in [1.165, 1.54) is 5.01 Å². The summed E-state index contributed by atoms with van der Waals surface area (Å²) in [6.07, 6.45) is 8.49. The molecule has 2 aliphatic heterocycles. The molecule has 3 heterocycles. The summed E-state index contributed by atoms with van der Waals surface area (Å²) < 4.78 is 11.7. The second-order valence-corrected chi connectivity index (χ2v) is 10.4. The number of likely N-dealkylation sites (tertiary alicyclic amines) is 1. The molecule has 2 fully saturated rings. The minimum Gasteiger partial charge on any atom is -0.490 e. The Bertz CT molecular complexity index is 1100. The number of esters is 1. The van der Waals surface area contributed by atoms with Gasteiger partial charge < -0.3 is 14.4 Å². The highest BCUT2D eigenvalue weighted by Crippen LogP contribution is 2.40. The molecule has 1 aromatic heterocycles. The van der Waals surface area contributed by atoms with Crippen LogP contribution in [0.15, 0.2) is 55.1 Å². The van der Waals surface area contributed by atoms with Gasteiger partial charge in [0.2, 0.25) is 0 Å². The van der Waals surface area contributed by atoms with Gasteiger partial charge in [0.15, 0.2) is 0 Å². The minimum atomic E-state index is -0.656. The minimum absolute atomic E-state index is 0.129. The first-order valence-corrected chi connectivity index (χ1v) is 12.0. The number of ether oxygens (including phenoxy) is 2. The molecule has 1 aliphatic carbocycles. The molecule has 3 aliphatic rings. The van der Waals surface area contributed by atoms with Gasteiger partial charge in [-0.05, 0) is 69.7 Å². The quantitative estimate of drug-likeness (QED) is 0.674. The van der Waals surface area contributed by atoms with Crippen LogP contribution in [0.3, 0.4) is 0 Å². The molecular weight excluding hydrogens is 446 g/mol. The van der Waals surface area contributed by atoms with Crippen LogP contribution in [0.5, 0.6) is 5.75 Å². The molecule has 0 radical (unpaired) electrons. The molecule has 1 unspecified atom stereocenters. The van der Waals surface area contributed by atoms with Crippen LogP contribution in [0.25, 0.3) is 11.3 Å². The molecule has 35 heavy (non-hydrogen) atoms. The highest BCUT2D eigenvalue weighted by Gasteiger charge is 2.44. The van der Waals surface area contributed by atoms with Crippen LogP contribution < -0.4 is 10.2 Å². The van der Waals surface area contributed by atoms with Crippen molar-refractivity contribution in [1.82, 2.24) is 25.3 Å². The van der Waals surface area contributed by atoms with Crippen LogP contribution in [0.4, 0.5) is 4.79 Å². The fourth-order valence-electron chi connectivity index (χ4n) is 5.06. The van der Waals surface area contributed by atoms with E-state index in [0.29, 0.717) is 24.9 Å². The van der Waals surface area contributed by atoms with Crippen molar-refractivity contribution < 1.29 is 19.1 Å². The van der Waals surface area contributed by atoms with Crippen LogP contribution in [0, 0.1) is 11.8 Å². The summed E-state index contributed by atoms with van der Waals surface area (Å²) in [4.78, 5) is 35.5. The van der Waals surface area contributed by atoms with Crippen LogP contribution in [0.1, 0.15) is 33.6 Å². The van der Waals surface area contributed by atoms with Gasteiger partial charge in [0.05, 0.1) is 11.8 Å². The molecule has 9 heteroatoms. The van der Waals surface area contributed by atoms with E-state index in [4.69, 9.17) is 9.47 Å². The molecule has 184 valence electrons. The molecule has 1 saturated heterocycles. The maximum absolute atomic E-state index is 13.0. The lowest BCUT2D eigenvalue weighted by Crippen LogP contribution is -2.49. The maximum Gasteiger partial charge on any atom is 0.338 e. The Morgan fingerprint density at radius 1 is 1.11 bits per heavy atom. The average molecular weight is 478 g/mol. The van der Waals surface area contributed by atoms with Gasteiger partial charge in [-0.1, -0.05) is 12.1 Å². The molecule has 5 rings (SSSR count). The lowest BCUT2D eigenvalue weighted by molar-refractivity contribution is -0.156. The van der Waals surface area contributed by atoms with Crippen LogP contribution in [0.2, 0.25) is 0 Å². The Balaban J connectivity index is 1.12. The van der Waals surface area contributed by atoms with E-state index in [-0.39, 0.29) is 12.1 Å². The van der Waals surface area contributed by atoms with Crippen molar-refractivity contribution in [2.24, 2.45) is 11.8 Å². The monoisotopic (exact) mass is 477 g/mol. The normalized spacial score (nSPS) is 25.6. The molecule has 4 atom stereocenters. The first-order valence-electron chi connectivity index (χ1n) is 12.0. The van der Waals surface area contributed by atoms with Gasteiger partial charge >= 0.3 is 12.0 Å². The number of hydrazine groups is 1. The highest BCUT2D eigenvalue weighted by molar-refractivity contribution is 5.82. The fraction of sp³-hybridized carbons (Fsp3) is 0.462. The van der Waals surface area contributed by atoms with Gasteiger partial charge in [-0.25, -0.2) is 30.0 Å². The fourth-order valence-corrected chi connectivity index (χ4v) is 5.06. The zero-order chi connectivity index (χ0) is 24.6. The van der Waals surface area contributed by atoms with Crippen LogP contribution in [-0.2, 0) is 9.53 Å². The molecule has 2 amide bonds. The van der Waals surface area contributed by atoms with Gasteiger partial charge in [-0.15, -0.1) is 0 Å². The molecule has 1 saturated carbocycles.